The Hall–Kier alpha value is -3.10. The van der Waals surface area contributed by atoms with E-state index in [0.717, 1.165) is 11.8 Å². The van der Waals surface area contributed by atoms with E-state index in [4.69, 9.17) is 16.0 Å². The fourth-order valence-electron chi connectivity index (χ4n) is 3.37. The lowest BCUT2D eigenvalue weighted by atomic mass is 9.97. The van der Waals surface area contributed by atoms with Gasteiger partial charge in [0.15, 0.2) is 5.76 Å². The third-order valence-corrected chi connectivity index (χ3v) is 5.44. The molecule has 0 radical (unpaired) electrons. The van der Waals surface area contributed by atoms with Crippen molar-refractivity contribution >= 4 is 38.9 Å². The van der Waals surface area contributed by atoms with E-state index in [1.807, 2.05) is 12.1 Å². The SMILES string of the molecule is CS(=O)(=O)Nc1ccccc1C1=NN(C(=O)c2ccco2)[C@H](c2cccc(Cl)c2)C1. The summed E-state index contributed by atoms with van der Waals surface area (Å²) in [5.74, 6) is -0.233. The van der Waals surface area contributed by atoms with E-state index < -0.39 is 22.0 Å². The summed E-state index contributed by atoms with van der Waals surface area (Å²) in [4.78, 5) is 13.0. The first-order chi connectivity index (χ1) is 14.3. The number of carbonyl (C=O) groups is 1. The van der Waals surface area contributed by atoms with Crippen molar-refractivity contribution < 1.29 is 17.6 Å². The van der Waals surface area contributed by atoms with Crippen LogP contribution in [0.4, 0.5) is 5.69 Å². The summed E-state index contributed by atoms with van der Waals surface area (Å²) in [6.45, 7) is 0. The van der Waals surface area contributed by atoms with Gasteiger partial charge in [0.1, 0.15) is 0 Å². The first-order valence-electron chi connectivity index (χ1n) is 9.09. The molecule has 2 aromatic carbocycles. The number of para-hydroxylation sites is 1. The number of nitrogens with one attached hydrogen (secondary N) is 1. The topological polar surface area (TPSA) is 92.0 Å². The molecule has 3 aromatic rings. The molecule has 1 aromatic heterocycles. The number of furan rings is 1. The van der Waals surface area contributed by atoms with E-state index in [1.54, 1.807) is 48.5 Å². The van der Waals surface area contributed by atoms with Gasteiger partial charge < -0.3 is 4.42 Å². The molecular formula is C21H18ClN3O4S. The predicted octanol–water partition coefficient (Wildman–Crippen LogP) is 4.30. The molecule has 0 bridgehead atoms. The lowest BCUT2D eigenvalue weighted by Gasteiger charge is -2.21. The molecule has 1 N–H and O–H groups in total. The molecule has 0 saturated heterocycles. The normalized spacial score (nSPS) is 16.4. The van der Waals surface area contributed by atoms with Gasteiger partial charge in [-0.25, -0.2) is 13.4 Å². The van der Waals surface area contributed by atoms with Crippen LogP contribution in [0.3, 0.4) is 0 Å². The molecule has 0 unspecified atom stereocenters. The highest BCUT2D eigenvalue weighted by Crippen LogP contribution is 2.36. The maximum absolute atomic E-state index is 13.0. The number of amides is 1. The molecule has 0 aliphatic carbocycles. The Morgan fingerprint density at radius 3 is 2.67 bits per heavy atom. The fraction of sp³-hybridized carbons (Fsp3) is 0.143. The van der Waals surface area contributed by atoms with Gasteiger partial charge >= 0.3 is 5.91 Å². The average molecular weight is 444 g/mol. The van der Waals surface area contributed by atoms with Crippen LogP contribution in [0.2, 0.25) is 5.02 Å². The predicted molar refractivity (Wildman–Crippen MR) is 115 cm³/mol. The van der Waals surface area contributed by atoms with Gasteiger partial charge in [-0.1, -0.05) is 41.9 Å². The van der Waals surface area contributed by atoms with Crippen molar-refractivity contribution in [2.75, 3.05) is 11.0 Å². The van der Waals surface area contributed by atoms with Crippen molar-refractivity contribution in [2.24, 2.45) is 5.10 Å². The van der Waals surface area contributed by atoms with Crippen molar-refractivity contribution in [1.82, 2.24) is 5.01 Å². The molecule has 1 aliphatic rings. The van der Waals surface area contributed by atoms with Crippen LogP contribution in [-0.2, 0) is 10.0 Å². The number of carbonyl (C=O) groups excluding carboxylic acids is 1. The number of nitrogens with zero attached hydrogens (tertiary/aromatic N) is 2. The summed E-state index contributed by atoms with van der Waals surface area (Å²) < 4.78 is 31.3. The van der Waals surface area contributed by atoms with E-state index in [-0.39, 0.29) is 5.76 Å². The molecule has 2 heterocycles. The Labute approximate surface area is 179 Å². The molecule has 0 spiro atoms. The molecule has 4 rings (SSSR count). The number of hydrogen-bond acceptors (Lipinski definition) is 5. The first-order valence-corrected chi connectivity index (χ1v) is 11.4. The summed E-state index contributed by atoms with van der Waals surface area (Å²) in [7, 11) is -3.48. The highest BCUT2D eigenvalue weighted by atomic mass is 35.5. The molecule has 0 fully saturated rings. The van der Waals surface area contributed by atoms with Gasteiger partial charge in [-0.2, -0.15) is 5.10 Å². The minimum absolute atomic E-state index is 0.162. The minimum atomic E-state index is -3.48. The second-order valence-electron chi connectivity index (χ2n) is 6.87. The van der Waals surface area contributed by atoms with E-state index >= 15 is 0 Å². The van der Waals surface area contributed by atoms with Crippen LogP contribution >= 0.6 is 11.6 Å². The van der Waals surface area contributed by atoms with E-state index in [0.29, 0.717) is 28.4 Å². The van der Waals surface area contributed by atoms with E-state index in [2.05, 4.69) is 9.82 Å². The molecule has 154 valence electrons. The zero-order valence-corrected chi connectivity index (χ0v) is 17.5. The quantitative estimate of drug-likeness (QED) is 0.636. The number of rotatable bonds is 5. The molecule has 1 amide bonds. The Morgan fingerprint density at radius 2 is 1.97 bits per heavy atom. The van der Waals surface area contributed by atoms with E-state index in [1.165, 1.54) is 11.3 Å². The van der Waals surface area contributed by atoms with E-state index in [9.17, 15) is 13.2 Å². The Balaban J connectivity index is 1.77. The summed E-state index contributed by atoms with van der Waals surface area (Å²) in [5, 5.41) is 6.46. The number of benzene rings is 2. The lowest BCUT2D eigenvalue weighted by molar-refractivity contribution is 0.0678. The van der Waals surface area contributed by atoms with Gasteiger partial charge in [0.25, 0.3) is 0 Å². The van der Waals surface area contributed by atoms with Crippen molar-refractivity contribution in [1.29, 1.82) is 0 Å². The Kier molecular flexibility index (Phi) is 5.36. The van der Waals surface area contributed by atoms with Crippen molar-refractivity contribution in [3.63, 3.8) is 0 Å². The first kappa shape index (κ1) is 20.2. The molecule has 1 atom stereocenters. The van der Waals surface area contributed by atoms with Gasteiger partial charge in [0.2, 0.25) is 10.0 Å². The zero-order valence-electron chi connectivity index (χ0n) is 15.9. The molecule has 7 nitrogen and oxygen atoms in total. The smallest absolute Gasteiger partial charge is 0.310 e. The summed E-state index contributed by atoms with van der Waals surface area (Å²) in [6, 6.07) is 17.0. The fourth-order valence-corrected chi connectivity index (χ4v) is 4.15. The highest BCUT2D eigenvalue weighted by Gasteiger charge is 2.35. The van der Waals surface area contributed by atoms with Crippen LogP contribution in [0, 0.1) is 0 Å². The number of sulfonamides is 1. The van der Waals surface area contributed by atoms with Crippen molar-refractivity contribution in [2.45, 2.75) is 12.5 Å². The minimum Gasteiger partial charge on any atom is -0.459 e. The van der Waals surface area contributed by atoms with Gasteiger partial charge in [0.05, 0.1) is 30.0 Å². The Morgan fingerprint density at radius 1 is 1.17 bits per heavy atom. The van der Waals surface area contributed by atoms with Crippen molar-refractivity contribution in [3.8, 4) is 0 Å². The van der Waals surface area contributed by atoms with Crippen molar-refractivity contribution in [3.05, 3.63) is 88.8 Å². The van der Waals surface area contributed by atoms with Gasteiger partial charge in [-0.15, -0.1) is 0 Å². The van der Waals surface area contributed by atoms with Gasteiger partial charge in [0, 0.05) is 17.0 Å². The monoisotopic (exact) mass is 443 g/mol. The van der Waals surface area contributed by atoms with Crippen LogP contribution in [-0.4, -0.2) is 31.3 Å². The second kappa shape index (κ2) is 7.97. The van der Waals surface area contributed by atoms with Gasteiger partial charge in [-0.3, -0.25) is 9.52 Å². The van der Waals surface area contributed by atoms with Gasteiger partial charge in [-0.05, 0) is 35.9 Å². The maximum Gasteiger partial charge on any atom is 0.310 e. The van der Waals surface area contributed by atoms with Crippen LogP contribution < -0.4 is 4.72 Å². The van der Waals surface area contributed by atoms with Crippen LogP contribution in [0.5, 0.6) is 0 Å². The average Bonchev–Trinajstić information content (AvgIpc) is 3.37. The lowest BCUT2D eigenvalue weighted by Crippen LogP contribution is -2.26. The number of hydrazone groups is 1. The summed E-state index contributed by atoms with van der Waals surface area (Å²) >= 11 is 6.17. The standard InChI is InChI=1S/C21H18ClN3O4S/c1-30(27,28)24-17-9-3-2-8-16(17)18-13-19(14-6-4-7-15(22)12-14)25(23-18)21(26)20-10-5-11-29-20/h2-12,19,24H,13H2,1H3/t19-/m0/s1. The third-order valence-electron chi connectivity index (χ3n) is 4.62. The highest BCUT2D eigenvalue weighted by molar-refractivity contribution is 7.92. The number of hydrogen-bond donors (Lipinski definition) is 1. The molecule has 9 heteroatoms. The number of halogens is 1. The van der Waals surface area contributed by atoms with Crippen LogP contribution in [0.15, 0.2) is 76.4 Å². The Bertz CT molecular complexity index is 1220. The largest absolute Gasteiger partial charge is 0.459 e. The molecular weight excluding hydrogens is 426 g/mol. The summed E-state index contributed by atoms with van der Waals surface area (Å²) in [6.07, 6.45) is 2.89. The molecule has 0 saturated carbocycles. The molecule has 30 heavy (non-hydrogen) atoms. The number of anilines is 1. The second-order valence-corrected chi connectivity index (χ2v) is 9.05. The molecule has 1 aliphatic heterocycles. The summed E-state index contributed by atoms with van der Waals surface area (Å²) in [5.41, 5.74) is 2.39. The van der Waals surface area contributed by atoms with Crippen LogP contribution in [0.25, 0.3) is 0 Å². The zero-order chi connectivity index (χ0) is 21.3. The maximum atomic E-state index is 13.0. The van der Waals surface area contributed by atoms with Crippen LogP contribution in [0.1, 0.15) is 34.1 Å². The third kappa shape index (κ3) is 4.24.